The third-order valence-corrected chi connectivity index (χ3v) is 10.4. The van der Waals surface area contributed by atoms with E-state index in [4.69, 9.17) is 22.2 Å². The summed E-state index contributed by atoms with van der Waals surface area (Å²) in [6.07, 6.45) is -2.35. The highest BCUT2D eigenvalue weighted by molar-refractivity contribution is 7.81. The lowest BCUT2D eigenvalue weighted by atomic mass is 10.0. The fourth-order valence-corrected chi connectivity index (χ4v) is 7.39. The van der Waals surface area contributed by atoms with E-state index in [1.54, 1.807) is 31.2 Å². The van der Waals surface area contributed by atoms with E-state index in [1.165, 1.54) is 37.1 Å². The number of carbonyl (C=O) groups excluding carboxylic acids is 7. The molecule has 0 bridgehead atoms. The average Bonchev–Trinajstić information content (AvgIpc) is 3.39. The highest BCUT2D eigenvalue weighted by Crippen LogP contribution is 2.42. The molecule has 1 aromatic heterocycles. The highest BCUT2D eigenvalue weighted by Gasteiger charge is 2.52. The fourth-order valence-electron chi connectivity index (χ4n) is 6.88. The number of nitrogens with one attached hydrogen (secondary N) is 3. The smallest absolute Gasteiger partial charge is 0.420 e. The minimum absolute atomic E-state index is 0.0118. The van der Waals surface area contributed by atoms with Crippen molar-refractivity contribution in [1.29, 1.82) is 5.26 Å². The largest absolute Gasteiger partial charge is 0.483 e. The molecule has 2 aliphatic heterocycles. The number of pyridine rings is 1. The molecule has 7 amide bonds. The van der Waals surface area contributed by atoms with Crippen LogP contribution in [0.1, 0.15) is 78.7 Å². The average molecular weight is 881 g/mol. The Morgan fingerprint density at radius 2 is 1.79 bits per heavy atom. The lowest BCUT2D eigenvalue weighted by Gasteiger charge is -2.29. The molecule has 62 heavy (non-hydrogen) atoms. The molecule has 21 heteroatoms. The maximum absolute atomic E-state index is 15.3. The van der Waals surface area contributed by atoms with Gasteiger partial charge in [0.25, 0.3) is 17.7 Å². The van der Waals surface area contributed by atoms with Crippen molar-refractivity contribution in [3.05, 3.63) is 82.4 Å². The molecule has 326 valence electrons. The molecule has 2 fully saturated rings. The Kier molecular flexibility index (Phi) is 14.4. The second kappa shape index (κ2) is 19.3. The molecule has 3 aromatic rings. The number of amides is 7. The number of piperidine rings is 1. The van der Waals surface area contributed by atoms with Crippen LogP contribution in [-0.4, -0.2) is 88.1 Å². The zero-order valence-electron chi connectivity index (χ0n) is 33.6. The van der Waals surface area contributed by atoms with Gasteiger partial charge in [0, 0.05) is 31.6 Å². The Hall–Kier alpha value is -6.82. The van der Waals surface area contributed by atoms with Gasteiger partial charge in [-0.15, -0.1) is 0 Å². The predicted molar refractivity (Wildman–Crippen MR) is 216 cm³/mol. The first-order valence-corrected chi connectivity index (χ1v) is 19.5. The second-order valence-electron chi connectivity index (χ2n) is 14.7. The van der Waals surface area contributed by atoms with Crippen molar-refractivity contribution in [2.75, 3.05) is 29.5 Å². The van der Waals surface area contributed by atoms with Crippen molar-refractivity contribution in [1.82, 2.24) is 25.8 Å². The predicted octanol–water partition coefficient (Wildman–Crippen LogP) is 3.76. The van der Waals surface area contributed by atoms with Crippen LogP contribution in [0, 0.1) is 24.1 Å². The monoisotopic (exact) mass is 880 g/mol. The number of halogens is 4. The van der Waals surface area contributed by atoms with Gasteiger partial charge in [-0.3, -0.25) is 53.7 Å². The molecule has 2 aliphatic rings. The van der Waals surface area contributed by atoms with E-state index in [9.17, 15) is 46.7 Å². The number of alkyl halides is 3. The Morgan fingerprint density at radius 1 is 1.08 bits per heavy atom. The maximum atomic E-state index is 15.3. The molecule has 5 rings (SSSR count). The Balaban J connectivity index is 1.05. The van der Waals surface area contributed by atoms with Crippen molar-refractivity contribution < 1.29 is 55.9 Å². The van der Waals surface area contributed by atoms with Crippen LogP contribution in [0.4, 0.5) is 28.9 Å². The van der Waals surface area contributed by atoms with Gasteiger partial charge < -0.3 is 20.3 Å². The number of ether oxygens (including phenoxy) is 1. The van der Waals surface area contributed by atoms with Crippen LogP contribution < -0.4 is 30.5 Å². The van der Waals surface area contributed by atoms with E-state index in [0.29, 0.717) is 46.0 Å². The van der Waals surface area contributed by atoms with Crippen LogP contribution in [0.3, 0.4) is 0 Å². The number of aryl methyl sites for hydroxylation is 2. The number of carbonyl (C=O) groups is 7. The van der Waals surface area contributed by atoms with Crippen LogP contribution >= 0.6 is 12.2 Å². The van der Waals surface area contributed by atoms with Gasteiger partial charge >= 0.3 is 6.18 Å². The first-order chi connectivity index (χ1) is 29.3. The van der Waals surface area contributed by atoms with Gasteiger partial charge in [0.05, 0.1) is 34.8 Å². The zero-order valence-corrected chi connectivity index (χ0v) is 34.4. The Labute approximate surface area is 357 Å². The van der Waals surface area contributed by atoms with Gasteiger partial charge in [-0.25, -0.2) is 4.39 Å². The lowest BCUT2D eigenvalue weighted by molar-refractivity contribution is -0.140. The molecule has 0 radical (unpaired) electrons. The first kappa shape index (κ1) is 46.2. The molecule has 1 atom stereocenters. The molecular formula is C41H40F4N8O8S. The third kappa shape index (κ3) is 10.0. The van der Waals surface area contributed by atoms with E-state index in [1.807, 2.05) is 0 Å². The molecule has 3 N–H and O–H groups in total. The molecule has 1 unspecified atom stereocenters. The van der Waals surface area contributed by atoms with E-state index in [-0.39, 0.29) is 61.1 Å². The number of anilines is 2. The molecule has 2 aromatic carbocycles. The maximum Gasteiger partial charge on any atom is 0.420 e. The standard InChI is InChI=1S/C41H40F4N8O8S/c1-23-7-4-9-29(33(23)37(59)51(22-54)28-15-16-31(56)50-36(28)58)61-21-32(57)48-18-6-17-47-30(55)10-5-8-25-12-13-26(20-49-25)53-39(62)52(38(60)40(53,2)3)27-14-11-24(19-46)34(35(27)42)41(43,44)45/h4,7,9,11-14,20,22,28H,5-6,8,10,15-18,21H2,1-3H3,(H,47,55)(H,48,57)(H,50,56,58). The molecule has 0 spiro atoms. The van der Waals surface area contributed by atoms with Crippen LogP contribution in [0.25, 0.3) is 0 Å². The zero-order chi connectivity index (χ0) is 45.5. The summed E-state index contributed by atoms with van der Waals surface area (Å²) in [5.41, 5.74) is -3.65. The number of hydrogen-bond acceptors (Lipinski definition) is 11. The number of hydrogen-bond donors (Lipinski definition) is 3. The fraction of sp³-hybridized carbons (Fsp3) is 0.366. The summed E-state index contributed by atoms with van der Waals surface area (Å²) in [7, 11) is 0. The number of rotatable bonds is 16. The number of nitrogens with zero attached hydrogens (tertiary/aromatic N) is 5. The van der Waals surface area contributed by atoms with Crippen molar-refractivity contribution in [3.8, 4) is 11.8 Å². The Morgan fingerprint density at radius 3 is 2.42 bits per heavy atom. The van der Waals surface area contributed by atoms with Gasteiger partial charge in [-0.1, -0.05) is 12.1 Å². The number of aromatic nitrogens is 1. The first-order valence-electron chi connectivity index (χ1n) is 19.1. The minimum Gasteiger partial charge on any atom is -0.483 e. The van der Waals surface area contributed by atoms with Gasteiger partial charge in [-0.05, 0) is 94.6 Å². The summed E-state index contributed by atoms with van der Waals surface area (Å²) in [6, 6.07) is 9.66. The number of thiocarbonyl (C=S) groups is 1. The molecule has 2 saturated heterocycles. The highest BCUT2D eigenvalue weighted by atomic mass is 32.1. The topological polar surface area (TPSA) is 211 Å². The second-order valence-corrected chi connectivity index (χ2v) is 15.0. The van der Waals surface area contributed by atoms with Crippen LogP contribution in [0.2, 0.25) is 0 Å². The van der Waals surface area contributed by atoms with Crippen molar-refractivity contribution >= 4 is 70.6 Å². The molecule has 0 aliphatic carbocycles. The van der Waals surface area contributed by atoms with Crippen LogP contribution in [0.5, 0.6) is 5.75 Å². The summed E-state index contributed by atoms with van der Waals surface area (Å²) in [6.45, 7) is 4.49. The van der Waals surface area contributed by atoms with Crippen molar-refractivity contribution in [3.63, 3.8) is 0 Å². The van der Waals surface area contributed by atoms with Crippen LogP contribution in [0.15, 0.2) is 48.7 Å². The third-order valence-electron chi connectivity index (χ3n) is 10.0. The molecule has 16 nitrogen and oxygen atoms in total. The van der Waals surface area contributed by atoms with Gasteiger partial charge in [0.15, 0.2) is 17.5 Å². The van der Waals surface area contributed by atoms with E-state index < -0.39 is 76.5 Å². The van der Waals surface area contributed by atoms with Crippen LogP contribution in [-0.2, 0) is 41.4 Å². The quantitative estimate of drug-likeness (QED) is 0.0618. The summed E-state index contributed by atoms with van der Waals surface area (Å²) >= 11 is 5.47. The minimum atomic E-state index is -5.21. The van der Waals surface area contributed by atoms with Crippen molar-refractivity contribution in [2.45, 2.75) is 77.1 Å². The van der Waals surface area contributed by atoms with E-state index in [2.05, 4.69) is 20.9 Å². The van der Waals surface area contributed by atoms with E-state index >= 15 is 4.39 Å². The SMILES string of the molecule is Cc1cccc(OCC(=O)NCCCNC(=O)CCCc2ccc(N3C(=S)N(c4ccc(C#N)c(C(F)(F)F)c4F)C(=O)C3(C)C)cn2)c1C(=O)N(C=O)C1CCC(=O)NC1=O. The summed E-state index contributed by atoms with van der Waals surface area (Å²) < 4.78 is 62.0. The number of imide groups is 2. The summed E-state index contributed by atoms with van der Waals surface area (Å²) in [4.78, 5) is 94.7. The Bertz CT molecular complexity index is 2350. The summed E-state index contributed by atoms with van der Waals surface area (Å²) in [5, 5.41) is 16.3. The normalized spacial score (nSPS) is 16.1. The molecule has 0 saturated carbocycles. The summed E-state index contributed by atoms with van der Waals surface area (Å²) in [5.74, 6) is -5.47. The lowest BCUT2D eigenvalue weighted by Crippen LogP contribution is -2.54. The van der Waals surface area contributed by atoms with Gasteiger partial charge in [0.2, 0.25) is 24.1 Å². The number of benzene rings is 2. The molecule has 3 heterocycles. The van der Waals surface area contributed by atoms with Gasteiger partial charge in [-0.2, -0.15) is 18.4 Å². The number of nitriles is 1. The van der Waals surface area contributed by atoms with Gasteiger partial charge in [0.1, 0.15) is 22.9 Å². The van der Waals surface area contributed by atoms with E-state index in [0.717, 1.165) is 12.1 Å². The molecular weight excluding hydrogens is 841 g/mol. The van der Waals surface area contributed by atoms with Crippen molar-refractivity contribution in [2.24, 2.45) is 0 Å².